The number of rotatable bonds is 5. The second kappa shape index (κ2) is 8.52. The first-order valence-corrected chi connectivity index (χ1v) is 12.3. The van der Waals surface area contributed by atoms with Crippen LogP contribution in [-0.2, 0) is 19.1 Å². The molecule has 3 aliphatic carbocycles. The molecule has 1 unspecified atom stereocenters. The van der Waals surface area contributed by atoms with Crippen molar-refractivity contribution in [3.63, 3.8) is 0 Å². The van der Waals surface area contributed by atoms with E-state index < -0.39 is 22.9 Å². The number of carbonyl (C=O) groups excluding carboxylic acids is 2. The van der Waals surface area contributed by atoms with Gasteiger partial charge in [-0.1, -0.05) is 34.1 Å². The Labute approximate surface area is 192 Å². The van der Waals surface area contributed by atoms with Crippen molar-refractivity contribution in [2.45, 2.75) is 97.5 Å². The average Bonchev–Trinajstić information content (AvgIpc) is 2.62. The Bertz CT molecular complexity index is 704. The maximum Gasteiger partial charge on any atom is 0.311 e. The number of hydrogen-bond donors (Lipinski definition) is 1. The molecule has 0 amide bonds. The molecular formula is C25H41ClO5. The lowest BCUT2D eigenvalue weighted by molar-refractivity contribution is -0.191. The highest BCUT2D eigenvalue weighted by molar-refractivity contribution is 6.25. The highest BCUT2D eigenvalue weighted by Crippen LogP contribution is 2.70. The van der Waals surface area contributed by atoms with Crippen LogP contribution in [0.3, 0.4) is 0 Å². The maximum atomic E-state index is 13.4. The summed E-state index contributed by atoms with van der Waals surface area (Å²) in [6.07, 6.45) is 6.60. The molecule has 31 heavy (non-hydrogen) atoms. The van der Waals surface area contributed by atoms with Crippen LogP contribution in [0, 0.1) is 34.0 Å². The molecule has 3 saturated carbocycles. The summed E-state index contributed by atoms with van der Waals surface area (Å²) in [4.78, 5) is 23.7. The molecule has 0 aromatic carbocycles. The SMILES string of the molecule is CC(=O)OC[C@H](O)COC(=O)C1[C@@](C)(Cl)CC[C@H]2[C@]3(C)CCCC(C)(C)[C@H]3CC[C@]12C. The first-order chi connectivity index (χ1) is 14.2. The third-order valence-electron chi connectivity index (χ3n) is 9.16. The van der Waals surface area contributed by atoms with Gasteiger partial charge in [0.2, 0.25) is 0 Å². The Balaban J connectivity index is 1.82. The van der Waals surface area contributed by atoms with Crippen LogP contribution in [0.4, 0.5) is 0 Å². The van der Waals surface area contributed by atoms with E-state index in [1.54, 1.807) is 0 Å². The Kier molecular flexibility index (Phi) is 6.82. The highest BCUT2D eigenvalue weighted by atomic mass is 35.5. The van der Waals surface area contributed by atoms with E-state index in [-0.39, 0.29) is 30.0 Å². The predicted octanol–water partition coefficient (Wildman–Crippen LogP) is 5.11. The molecule has 0 bridgehead atoms. The molecule has 0 aliphatic heterocycles. The number of aliphatic hydroxyl groups excluding tert-OH is 1. The number of esters is 2. The van der Waals surface area contributed by atoms with Gasteiger partial charge in [-0.3, -0.25) is 9.59 Å². The molecule has 0 aromatic heterocycles. The molecule has 0 spiro atoms. The molecular weight excluding hydrogens is 416 g/mol. The fraction of sp³-hybridized carbons (Fsp3) is 0.920. The van der Waals surface area contributed by atoms with Gasteiger partial charge in [0.15, 0.2) is 0 Å². The largest absolute Gasteiger partial charge is 0.463 e. The van der Waals surface area contributed by atoms with E-state index in [0.717, 1.165) is 25.7 Å². The number of fused-ring (bicyclic) bond motifs is 3. The van der Waals surface area contributed by atoms with Crippen molar-refractivity contribution in [1.29, 1.82) is 0 Å². The van der Waals surface area contributed by atoms with E-state index >= 15 is 0 Å². The molecule has 6 heteroatoms. The van der Waals surface area contributed by atoms with Crippen LogP contribution in [-0.4, -0.2) is 41.2 Å². The van der Waals surface area contributed by atoms with Gasteiger partial charge >= 0.3 is 11.9 Å². The lowest BCUT2D eigenvalue weighted by Crippen LogP contribution is -2.63. The number of carbonyl (C=O) groups is 2. The quantitative estimate of drug-likeness (QED) is 0.459. The van der Waals surface area contributed by atoms with Crippen molar-refractivity contribution >= 4 is 23.5 Å². The Morgan fingerprint density at radius 2 is 1.55 bits per heavy atom. The zero-order valence-electron chi connectivity index (χ0n) is 20.1. The van der Waals surface area contributed by atoms with Crippen LogP contribution in [0.25, 0.3) is 0 Å². The maximum absolute atomic E-state index is 13.4. The smallest absolute Gasteiger partial charge is 0.311 e. The summed E-state index contributed by atoms with van der Waals surface area (Å²) in [5, 5.41) is 10.0. The zero-order valence-corrected chi connectivity index (χ0v) is 20.9. The summed E-state index contributed by atoms with van der Waals surface area (Å²) in [6, 6.07) is 0. The van der Waals surface area contributed by atoms with Gasteiger partial charge < -0.3 is 14.6 Å². The molecule has 178 valence electrons. The number of alkyl halides is 1. The van der Waals surface area contributed by atoms with Gasteiger partial charge in [-0.05, 0) is 73.5 Å². The van der Waals surface area contributed by atoms with Gasteiger partial charge in [0.25, 0.3) is 0 Å². The monoisotopic (exact) mass is 456 g/mol. The standard InChI is InChI=1S/C25H41ClO5/c1-16(27)30-14-17(28)15-31-21(29)20-24(5)12-8-18-22(2,3)10-7-11-23(18,4)19(24)9-13-25(20,6)26/h17-20,28H,7-15H2,1-6H3/t17-,18+,19-,20?,23+,24-,25-/m0/s1. The molecule has 0 heterocycles. The second-order valence-electron chi connectivity index (χ2n) is 11.8. The van der Waals surface area contributed by atoms with Crippen molar-refractivity contribution in [3.8, 4) is 0 Å². The zero-order chi connectivity index (χ0) is 23.2. The lowest BCUT2D eigenvalue weighted by Gasteiger charge is -2.66. The number of aliphatic hydroxyl groups is 1. The minimum absolute atomic E-state index is 0.180. The fourth-order valence-electron chi connectivity index (χ4n) is 7.99. The summed E-state index contributed by atoms with van der Waals surface area (Å²) in [5.74, 6) is -0.142. The van der Waals surface area contributed by atoms with E-state index in [0.29, 0.717) is 17.3 Å². The first kappa shape index (κ1) is 24.8. The van der Waals surface area contributed by atoms with Gasteiger partial charge in [-0.2, -0.15) is 0 Å². The molecule has 1 N–H and O–H groups in total. The molecule has 0 aromatic rings. The van der Waals surface area contributed by atoms with Crippen LogP contribution in [0.2, 0.25) is 0 Å². The van der Waals surface area contributed by atoms with Crippen LogP contribution in [0.5, 0.6) is 0 Å². The van der Waals surface area contributed by atoms with Crippen molar-refractivity contribution in [2.24, 2.45) is 34.0 Å². The van der Waals surface area contributed by atoms with Crippen molar-refractivity contribution in [2.75, 3.05) is 13.2 Å². The van der Waals surface area contributed by atoms with Gasteiger partial charge in [0.05, 0.1) is 10.8 Å². The summed E-state index contributed by atoms with van der Waals surface area (Å²) in [6.45, 7) is 12.4. The van der Waals surface area contributed by atoms with Crippen molar-refractivity contribution in [3.05, 3.63) is 0 Å². The molecule has 0 radical (unpaired) electrons. The first-order valence-electron chi connectivity index (χ1n) is 11.9. The van der Waals surface area contributed by atoms with Gasteiger partial charge in [-0.15, -0.1) is 11.6 Å². The van der Waals surface area contributed by atoms with Gasteiger partial charge in [-0.25, -0.2) is 0 Å². The average molecular weight is 457 g/mol. The molecule has 3 fully saturated rings. The minimum atomic E-state index is -1.03. The van der Waals surface area contributed by atoms with Gasteiger partial charge in [0, 0.05) is 6.92 Å². The normalized spacial score (nSPS) is 42.6. The predicted molar refractivity (Wildman–Crippen MR) is 121 cm³/mol. The van der Waals surface area contributed by atoms with Crippen molar-refractivity contribution < 1.29 is 24.2 Å². The third-order valence-corrected chi connectivity index (χ3v) is 9.56. The minimum Gasteiger partial charge on any atom is -0.463 e. The summed E-state index contributed by atoms with van der Waals surface area (Å²) in [7, 11) is 0. The summed E-state index contributed by atoms with van der Waals surface area (Å²) in [5.41, 5.74) is 0.299. The van der Waals surface area contributed by atoms with E-state index in [4.69, 9.17) is 21.1 Å². The summed E-state index contributed by atoms with van der Waals surface area (Å²) < 4.78 is 10.4. The summed E-state index contributed by atoms with van der Waals surface area (Å²) >= 11 is 7.00. The molecule has 3 rings (SSSR count). The van der Waals surface area contributed by atoms with E-state index in [1.165, 1.54) is 26.2 Å². The number of halogens is 1. The topological polar surface area (TPSA) is 72.8 Å². The molecule has 0 saturated heterocycles. The Hall–Kier alpha value is -0.810. The van der Waals surface area contributed by atoms with Gasteiger partial charge in [0.1, 0.15) is 19.3 Å². The fourth-order valence-corrected chi connectivity index (χ4v) is 8.44. The number of ether oxygens (including phenoxy) is 2. The Morgan fingerprint density at radius 1 is 0.935 bits per heavy atom. The third kappa shape index (κ3) is 4.51. The van der Waals surface area contributed by atoms with E-state index in [2.05, 4.69) is 27.7 Å². The lowest BCUT2D eigenvalue weighted by atomic mass is 9.38. The van der Waals surface area contributed by atoms with E-state index in [9.17, 15) is 14.7 Å². The van der Waals surface area contributed by atoms with Crippen LogP contribution >= 0.6 is 11.6 Å². The van der Waals surface area contributed by atoms with Crippen LogP contribution < -0.4 is 0 Å². The van der Waals surface area contributed by atoms with E-state index in [1.807, 2.05) is 6.92 Å². The molecule has 5 nitrogen and oxygen atoms in total. The van der Waals surface area contributed by atoms with Crippen molar-refractivity contribution in [1.82, 2.24) is 0 Å². The van der Waals surface area contributed by atoms with Crippen LogP contribution in [0.1, 0.15) is 86.5 Å². The highest BCUT2D eigenvalue weighted by Gasteiger charge is 2.65. The number of hydrogen-bond acceptors (Lipinski definition) is 5. The molecule has 3 aliphatic rings. The Morgan fingerprint density at radius 3 is 2.19 bits per heavy atom. The molecule has 7 atom stereocenters. The van der Waals surface area contributed by atoms with Crippen LogP contribution in [0.15, 0.2) is 0 Å². The second-order valence-corrected chi connectivity index (χ2v) is 12.7.